The van der Waals surface area contributed by atoms with Crippen molar-refractivity contribution in [1.29, 1.82) is 0 Å². The first-order valence-electron chi connectivity index (χ1n) is 11.4. The maximum absolute atomic E-state index is 13.5. The molecule has 0 radical (unpaired) electrons. The molecule has 4 rings (SSSR count). The van der Waals surface area contributed by atoms with Gasteiger partial charge >= 0.3 is 6.09 Å². The number of fused-ring (bicyclic) bond motifs is 2. The molecule has 0 bridgehead atoms. The molecule has 0 aliphatic carbocycles. The topological polar surface area (TPSA) is 81.1 Å². The highest BCUT2D eigenvalue weighted by atomic mass is 79.9. The smallest absolute Gasteiger partial charge is 0.410 e. The Morgan fingerprint density at radius 1 is 1.15 bits per heavy atom. The zero-order chi connectivity index (χ0) is 24.7. The summed E-state index contributed by atoms with van der Waals surface area (Å²) in [5.41, 5.74) is -0.441. The van der Waals surface area contributed by atoms with Crippen LogP contribution in [0.25, 0.3) is 0 Å². The van der Waals surface area contributed by atoms with Crippen LogP contribution in [0.5, 0.6) is 5.75 Å². The van der Waals surface area contributed by atoms with E-state index in [1.54, 1.807) is 16.0 Å². The minimum atomic E-state index is -0.602. The lowest BCUT2D eigenvalue weighted by Crippen LogP contribution is -2.56. The Bertz CT molecular complexity index is 1160. The number of likely N-dealkylation sites (N-methyl/N-ethyl adjacent to an activating group) is 1. The third-order valence-electron chi connectivity index (χ3n) is 6.20. The van der Waals surface area contributed by atoms with E-state index in [4.69, 9.17) is 9.47 Å². The highest BCUT2D eigenvalue weighted by molar-refractivity contribution is 9.10. The Labute approximate surface area is 207 Å². The molecular weight excluding hydrogens is 502 g/mol. The average molecular weight is 532 g/mol. The minimum absolute atomic E-state index is 0.0245. The number of carbonyl (C=O) groups excluding carboxylic acids is 2. The second-order valence-corrected chi connectivity index (χ2v) is 10.7. The molecule has 0 N–H and O–H groups in total. The lowest BCUT2D eigenvalue weighted by Gasteiger charge is -2.43. The number of hydrogen-bond acceptors (Lipinski definition) is 5. The van der Waals surface area contributed by atoms with Crippen LogP contribution < -0.4 is 10.2 Å². The number of carbonyl (C=O) groups is 2. The molecule has 0 saturated carbocycles. The van der Waals surface area contributed by atoms with Crippen LogP contribution in [-0.2, 0) is 16.9 Å². The van der Waals surface area contributed by atoms with Crippen LogP contribution in [-0.4, -0.2) is 58.1 Å². The molecule has 1 atom stereocenters. The minimum Gasteiger partial charge on any atom is -0.483 e. The van der Waals surface area contributed by atoms with Crippen LogP contribution in [0.1, 0.15) is 50.2 Å². The third kappa shape index (κ3) is 4.58. The Morgan fingerprint density at radius 3 is 2.50 bits per heavy atom. The number of ether oxygens (including phenoxy) is 2. The van der Waals surface area contributed by atoms with Crippen molar-refractivity contribution in [3.63, 3.8) is 0 Å². The molecule has 8 nitrogen and oxygen atoms in total. The zero-order valence-corrected chi connectivity index (χ0v) is 21.6. The molecule has 1 spiro atoms. The SMILES string of the molecule is CCN1CC2(CCN(C(=O)OC(C)(C)C)C2)n2cc(Br)c(=O)c(OCc3ccccc3)c2C1=O. The predicted molar refractivity (Wildman–Crippen MR) is 131 cm³/mol. The number of hydrogen-bond donors (Lipinski definition) is 0. The Morgan fingerprint density at radius 2 is 1.85 bits per heavy atom. The van der Waals surface area contributed by atoms with Gasteiger partial charge in [0.2, 0.25) is 5.43 Å². The molecule has 2 aliphatic rings. The molecular formula is C25H30BrN3O5. The molecule has 3 heterocycles. The molecule has 1 fully saturated rings. The zero-order valence-electron chi connectivity index (χ0n) is 20.0. The first kappa shape index (κ1) is 24.3. The fourth-order valence-electron chi connectivity index (χ4n) is 4.57. The molecule has 2 aliphatic heterocycles. The number of halogens is 1. The molecule has 1 aromatic carbocycles. The first-order valence-corrected chi connectivity index (χ1v) is 12.2. The van der Waals surface area contributed by atoms with Gasteiger partial charge in [-0.1, -0.05) is 30.3 Å². The predicted octanol–water partition coefficient (Wildman–Crippen LogP) is 4.00. The fraction of sp³-hybridized carbons (Fsp3) is 0.480. The van der Waals surface area contributed by atoms with E-state index in [9.17, 15) is 14.4 Å². The molecule has 182 valence electrons. The van der Waals surface area contributed by atoms with E-state index in [0.29, 0.717) is 37.1 Å². The van der Waals surface area contributed by atoms with Gasteiger partial charge in [-0.15, -0.1) is 0 Å². The Hall–Kier alpha value is -2.81. The van der Waals surface area contributed by atoms with Gasteiger partial charge < -0.3 is 23.8 Å². The van der Waals surface area contributed by atoms with Gasteiger partial charge in [-0.25, -0.2) is 4.79 Å². The summed E-state index contributed by atoms with van der Waals surface area (Å²) in [6, 6.07) is 9.50. The third-order valence-corrected chi connectivity index (χ3v) is 6.76. The van der Waals surface area contributed by atoms with Gasteiger partial charge in [0.05, 0.1) is 10.0 Å². The van der Waals surface area contributed by atoms with Crippen LogP contribution in [0.2, 0.25) is 0 Å². The quantitative estimate of drug-likeness (QED) is 0.595. The highest BCUT2D eigenvalue weighted by Crippen LogP contribution is 2.39. The molecule has 1 aromatic heterocycles. The van der Waals surface area contributed by atoms with Gasteiger partial charge in [0.25, 0.3) is 5.91 Å². The van der Waals surface area contributed by atoms with Crippen molar-refractivity contribution in [2.45, 2.75) is 51.9 Å². The Kier molecular flexibility index (Phi) is 6.50. The van der Waals surface area contributed by atoms with Crippen molar-refractivity contribution in [1.82, 2.24) is 14.4 Å². The van der Waals surface area contributed by atoms with E-state index >= 15 is 0 Å². The van der Waals surface area contributed by atoms with E-state index in [1.807, 2.05) is 62.6 Å². The number of aromatic nitrogens is 1. The van der Waals surface area contributed by atoms with Crippen molar-refractivity contribution < 1.29 is 19.1 Å². The molecule has 2 amide bonds. The molecule has 9 heteroatoms. The average Bonchev–Trinajstić information content (AvgIpc) is 3.21. The van der Waals surface area contributed by atoms with Gasteiger partial charge in [0.1, 0.15) is 12.2 Å². The lowest BCUT2D eigenvalue weighted by molar-refractivity contribution is 0.0254. The normalized spacial score (nSPS) is 20.0. The second kappa shape index (κ2) is 9.09. The van der Waals surface area contributed by atoms with E-state index in [1.165, 1.54) is 0 Å². The summed E-state index contributed by atoms with van der Waals surface area (Å²) in [5.74, 6) is -0.229. The summed E-state index contributed by atoms with van der Waals surface area (Å²) >= 11 is 3.37. The molecule has 1 saturated heterocycles. The van der Waals surface area contributed by atoms with Crippen molar-refractivity contribution >= 4 is 27.9 Å². The van der Waals surface area contributed by atoms with Crippen LogP contribution >= 0.6 is 15.9 Å². The second-order valence-electron chi connectivity index (χ2n) is 9.82. The Balaban J connectivity index is 1.75. The fourth-order valence-corrected chi connectivity index (χ4v) is 4.96. The molecule has 2 aromatic rings. The number of pyridine rings is 1. The summed E-state index contributed by atoms with van der Waals surface area (Å²) < 4.78 is 13.7. The largest absolute Gasteiger partial charge is 0.483 e. The molecule has 1 unspecified atom stereocenters. The number of rotatable bonds is 4. The monoisotopic (exact) mass is 531 g/mol. The summed E-state index contributed by atoms with van der Waals surface area (Å²) in [6.45, 7) is 9.35. The highest BCUT2D eigenvalue weighted by Gasteiger charge is 2.49. The number of nitrogens with zero attached hydrogens (tertiary/aromatic N) is 3. The summed E-state index contributed by atoms with van der Waals surface area (Å²) in [4.78, 5) is 42.7. The van der Waals surface area contributed by atoms with Gasteiger partial charge in [-0.05, 0) is 55.6 Å². The lowest BCUT2D eigenvalue weighted by atomic mass is 9.93. The first-order chi connectivity index (χ1) is 16.0. The standard InChI is InChI=1S/C25H30BrN3O5/c1-5-27-15-25(11-12-28(16-25)23(32)34-24(2,3)4)29-13-18(26)20(30)21(19(29)22(27)31)33-14-17-9-7-6-8-10-17/h6-10,13H,5,11-12,14-16H2,1-4H3. The summed E-state index contributed by atoms with van der Waals surface area (Å²) in [6.07, 6.45) is 1.90. The van der Waals surface area contributed by atoms with Crippen molar-refractivity contribution in [2.75, 3.05) is 26.2 Å². The van der Waals surface area contributed by atoms with Gasteiger partial charge in [0.15, 0.2) is 11.4 Å². The van der Waals surface area contributed by atoms with Gasteiger partial charge in [0, 0.05) is 32.4 Å². The van der Waals surface area contributed by atoms with E-state index in [0.717, 1.165) is 5.56 Å². The number of likely N-dealkylation sites (tertiary alicyclic amines) is 1. The molecule has 34 heavy (non-hydrogen) atoms. The van der Waals surface area contributed by atoms with Crippen molar-refractivity contribution in [2.24, 2.45) is 0 Å². The van der Waals surface area contributed by atoms with E-state index in [-0.39, 0.29) is 35.5 Å². The van der Waals surface area contributed by atoms with E-state index < -0.39 is 11.1 Å². The van der Waals surface area contributed by atoms with Gasteiger partial charge in [-0.2, -0.15) is 0 Å². The van der Waals surface area contributed by atoms with Gasteiger partial charge in [-0.3, -0.25) is 9.59 Å². The maximum Gasteiger partial charge on any atom is 0.410 e. The summed E-state index contributed by atoms with van der Waals surface area (Å²) in [7, 11) is 0. The van der Waals surface area contributed by atoms with Crippen LogP contribution in [0, 0.1) is 0 Å². The van der Waals surface area contributed by atoms with Crippen molar-refractivity contribution in [3.8, 4) is 5.75 Å². The van der Waals surface area contributed by atoms with Crippen molar-refractivity contribution in [3.05, 3.63) is 62.5 Å². The summed E-state index contributed by atoms with van der Waals surface area (Å²) in [5, 5.41) is 0. The number of amides is 2. The van der Waals surface area contributed by atoms with Crippen LogP contribution in [0.3, 0.4) is 0 Å². The maximum atomic E-state index is 13.5. The van der Waals surface area contributed by atoms with E-state index in [2.05, 4.69) is 15.9 Å². The van der Waals surface area contributed by atoms with Crippen LogP contribution in [0.4, 0.5) is 4.79 Å². The number of benzene rings is 1. The van der Waals surface area contributed by atoms with Crippen LogP contribution in [0.15, 0.2) is 45.8 Å².